The number of nitro groups is 1. The van der Waals surface area contributed by atoms with Gasteiger partial charge in [0.1, 0.15) is 12.4 Å². The van der Waals surface area contributed by atoms with Crippen molar-refractivity contribution in [3.05, 3.63) is 28.3 Å². The van der Waals surface area contributed by atoms with Gasteiger partial charge in [-0.3, -0.25) is 10.1 Å². The summed E-state index contributed by atoms with van der Waals surface area (Å²) >= 11 is 0. The average molecular weight is 285 g/mol. The molecule has 1 unspecified atom stereocenters. The summed E-state index contributed by atoms with van der Waals surface area (Å²) in [6.45, 7) is 0.819. The second kappa shape index (κ2) is 6.20. The summed E-state index contributed by atoms with van der Waals surface area (Å²) in [5.74, 6) is -0.649. The zero-order chi connectivity index (χ0) is 15.3. The van der Waals surface area contributed by atoms with Gasteiger partial charge in [0, 0.05) is 0 Å². The van der Waals surface area contributed by atoms with Crippen LogP contribution in [0.15, 0.2) is 18.2 Å². The predicted octanol–water partition coefficient (Wildman–Crippen LogP) is 0.906. The molecule has 8 nitrogen and oxygen atoms in total. The molecule has 1 aromatic carbocycles. The van der Waals surface area contributed by atoms with E-state index in [-0.39, 0.29) is 17.2 Å². The monoisotopic (exact) mass is 285 g/mol. The zero-order valence-corrected chi connectivity index (χ0v) is 11.3. The molecule has 1 aromatic rings. The predicted molar refractivity (Wildman–Crippen MR) is 67.8 cm³/mol. The number of esters is 1. The molecule has 0 radical (unpaired) electrons. The van der Waals surface area contributed by atoms with Crippen LogP contribution in [0, 0.1) is 10.1 Å². The van der Waals surface area contributed by atoms with Crippen LogP contribution in [0.5, 0.6) is 11.5 Å². The lowest BCUT2D eigenvalue weighted by molar-refractivity contribution is -0.385. The molecule has 0 saturated carbocycles. The van der Waals surface area contributed by atoms with Crippen molar-refractivity contribution in [2.75, 3.05) is 20.8 Å². The Kier molecular flexibility index (Phi) is 4.87. The number of ether oxygens (including phenoxy) is 3. The van der Waals surface area contributed by atoms with Crippen LogP contribution in [-0.2, 0) is 9.53 Å². The molecular formula is C12H15NO7. The van der Waals surface area contributed by atoms with Crippen molar-refractivity contribution in [1.82, 2.24) is 0 Å². The second-order valence-corrected chi connectivity index (χ2v) is 4.14. The Morgan fingerprint density at radius 2 is 2.10 bits per heavy atom. The Balaban J connectivity index is 2.87. The van der Waals surface area contributed by atoms with Crippen LogP contribution in [0.4, 0.5) is 5.69 Å². The van der Waals surface area contributed by atoms with Crippen LogP contribution in [-0.4, -0.2) is 42.4 Å². The molecule has 0 aromatic heterocycles. The fourth-order valence-corrected chi connectivity index (χ4v) is 1.40. The molecule has 1 N–H and O–H groups in total. The number of nitrogens with zero attached hydrogens (tertiary/aromatic N) is 1. The highest BCUT2D eigenvalue weighted by atomic mass is 16.6. The first-order valence-electron chi connectivity index (χ1n) is 5.58. The van der Waals surface area contributed by atoms with Crippen LogP contribution >= 0.6 is 0 Å². The third-order valence-electron chi connectivity index (χ3n) is 2.49. The van der Waals surface area contributed by atoms with Crippen molar-refractivity contribution in [2.24, 2.45) is 0 Å². The number of rotatable bonds is 6. The number of hydrogen-bond acceptors (Lipinski definition) is 7. The van der Waals surface area contributed by atoms with Crippen LogP contribution in [0.2, 0.25) is 0 Å². The molecule has 110 valence electrons. The fourth-order valence-electron chi connectivity index (χ4n) is 1.40. The van der Waals surface area contributed by atoms with Gasteiger partial charge in [-0.1, -0.05) is 0 Å². The lowest BCUT2D eigenvalue weighted by Crippen LogP contribution is -2.42. The van der Waals surface area contributed by atoms with Crippen molar-refractivity contribution >= 4 is 11.7 Å². The first-order chi connectivity index (χ1) is 9.31. The highest BCUT2D eigenvalue weighted by Crippen LogP contribution is 2.31. The van der Waals surface area contributed by atoms with E-state index in [2.05, 4.69) is 4.74 Å². The number of aliphatic hydroxyl groups is 1. The first-order valence-corrected chi connectivity index (χ1v) is 5.58. The Labute approximate surface area is 115 Å². The Morgan fingerprint density at radius 1 is 1.45 bits per heavy atom. The molecule has 0 aliphatic rings. The molecule has 1 atom stereocenters. The largest absolute Gasteiger partial charge is 0.490 e. The Hall–Kier alpha value is -2.35. The topological polar surface area (TPSA) is 108 Å². The molecule has 0 amide bonds. The van der Waals surface area contributed by atoms with Gasteiger partial charge in [-0.25, -0.2) is 4.79 Å². The van der Waals surface area contributed by atoms with Gasteiger partial charge in [0.2, 0.25) is 0 Å². The first kappa shape index (κ1) is 15.7. The molecule has 0 heterocycles. The molecule has 1 rings (SSSR count). The molecule has 0 aliphatic heterocycles. The third-order valence-corrected chi connectivity index (χ3v) is 2.49. The number of nitro benzene ring substituents is 1. The highest BCUT2D eigenvalue weighted by molar-refractivity contribution is 5.78. The summed E-state index contributed by atoms with van der Waals surface area (Å²) in [6.07, 6.45) is 0. The molecule has 0 fully saturated rings. The standard InChI is InChI=1S/C12H15NO7/c1-12(15,11(14)19-3)7-20-8-4-5-10(18-2)9(6-8)13(16)17/h4-6,15H,7H2,1-3H3. The molecule has 20 heavy (non-hydrogen) atoms. The van der Waals surface area contributed by atoms with Gasteiger partial charge >= 0.3 is 11.7 Å². The molecule has 8 heteroatoms. The van der Waals surface area contributed by atoms with E-state index in [0.717, 1.165) is 13.2 Å². The summed E-state index contributed by atoms with van der Waals surface area (Å²) < 4.78 is 14.4. The lowest BCUT2D eigenvalue weighted by atomic mass is 10.1. The summed E-state index contributed by atoms with van der Waals surface area (Å²) in [5, 5.41) is 20.6. The maximum Gasteiger partial charge on any atom is 0.341 e. The van der Waals surface area contributed by atoms with Gasteiger partial charge in [0.05, 0.1) is 25.2 Å². The van der Waals surface area contributed by atoms with Crippen molar-refractivity contribution in [2.45, 2.75) is 12.5 Å². The van der Waals surface area contributed by atoms with E-state index in [0.29, 0.717) is 0 Å². The van der Waals surface area contributed by atoms with Gasteiger partial charge in [0.25, 0.3) is 0 Å². The summed E-state index contributed by atoms with van der Waals surface area (Å²) in [4.78, 5) is 21.5. The van der Waals surface area contributed by atoms with Gasteiger partial charge in [-0.15, -0.1) is 0 Å². The third kappa shape index (κ3) is 3.58. The minimum atomic E-state index is -1.84. The van der Waals surface area contributed by atoms with E-state index in [9.17, 15) is 20.0 Å². The molecule has 0 spiro atoms. The quantitative estimate of drug-likeness (QED) is 0.470. The van der Waals surface area contributed by atoms with Crippen LogP contribution in [0.25, 0.3) is 0 Å². The van der Waals surface area contributed by atoms with Crippen molar-refractivity contribution in [3.63, 3.8) is 0 Å². The Morgan fingerprint density at radius 3 is 2.60 bits per heavy atom. The second-order valence-electron chi connectivity index (χ2n) is 4.14. The van der Waals surface area contributed by atoms with Gasteiger partial charge < -0.3 is 19.3 Å². The maximum atomic E-state index is 11.2. The lowest BCUT2D eigenvalue weighted by Gasteiger charge is -2.20. The van der Waals surface area contributed by atoms with Crippen LogP contribution < -0.4 is 9.47 Å². The van der Waals surface area contributed by atoms with Gasteiger partial charge in [-0.05, 0) is 19.1 Å². The van der Waals surface area contributed by atoms with Crippen molar-refractivity contribution < 1.29 is 29.0 Å². The minimum Gasteiger partial charge on any atom is -0.490 e. The average Bonchev–Trinajstić information content (AvgIpc) is 2.43. The van der Waals surface area contributed by atoms with E-state index >= 15 is 0 Å². The number of hydrogen-bond donors (Lipinski definition) is 1. The highest BCUT2D eigenvalue weighted by Gasteiger charge is 2.32. The molecule has 0 aliphatic carbocycles. The van der Waals surface area contributed by atoms with Crippen LogP contribution in [0.3, 0.4) is 0 Å². The number of carbonyl (C=O) groups is 1. The van der Waals surface area contributed by atoms with E-state index in [1.54, 1.807) is 0 Å². The SMILES string of the molecule is COC(=O)C(C)(O)COc1ccc(OC)c([N+](=O)[O-])c1. The Bertz CT molecular complexity index is 513. The van der Waals surface area contributed by atoms with Crippen LogP contribution in [0.1, 0.15) is 6.92 Å². The molecule has 0 bridgehead atoms. The fraction of sp³-hybridized carbons (Fsp3) is 0.417. The van der Waals surface area contributed by atoms with Gasteiger partial charge in [-0.2, -0.15) is 0 Å². The maximum absolute atomic E-state index is 11.2. The number of methoxy groups -OCH3 is 2. The van der Waals surface area contributed by atoms with Crippen molar-refractivity contribution in [3.8, 4) is 11.5 Å². The van der Waals surface area contributed by atoms with E-state index in [1.165, 1.54) is 26.2 Å². The summed E-state index contributed by atoms with van der Waals surface area (Å²) in [6, 6.07) is 3.94. The van der Waals surface area contributed by atoms with E-state index in [4.69, 9.17) is 9.47 Å². The molecule has 0 saturated heterocycles. The summed E-state index contributed by atoms with van der Waals surface area (Å²) in [7, 11) is 2.44. The van der Waals surface area contributed by atoms with Crippen molar-refractivity contribution in [1.29, 1.82) is 0 Å². The molecular weight excluding hydrogens is 270 g/mol. The van der Waals surface area contributed by atoms with E-state index < -0.39 is 23.1 Å². The minimum absolute atomic E-state index is 0.0853. The normalized spacial score (nSPS) is 13.2. The number of benzene rings is 1. The summed E-state index contributed by atoms with van der Waals surface area (Å²) in [5.41, 5.74) is -2.12. The zero-order valence-electron chi connectivity index (χ0n) is 11.3. The van der Waals surface area contributed by atoms with Gasteiger partial charge in [0.15, 0.2) is 11.4 Å². The smallest absolute Gasteiger partial charge is 0.341 e. The van der Waals surface area contributed by atoms with E-state index in [1.807, 2.05) is 0 Å². The number of carbonyl (C=O) groups excluding carboxylic acids is 1.